The number of nitrogens with one attached hydrogen (secondary N) is 1. The summed E-state index contributed by atoms with van der Waals surface area (Å²) in [4.78, 5) is 4.07. The maximum absolute atomic E-state index is 5.87. The largest absolute Gasteiger partial charge is 0.398 e. The Labute approximate surface area is 91.0 Å². The smallest absolute Gasteiger partial charge is 0.0495 e. The lowest BCUT2D eigenvalue weighted by molar-refractivity contribution is 0.448. The number of anilines is 1. The summed E-state index contributed by atoms with van der Waals surface area (Å²) in [5.41, 5.74) is 10.4. The van der Waals surface area contributed by atoms with Gasteiger partial charge >= 0.3 is 0 Å². The van der Waals surface area contributed by atoms with Crippen LogP contribution in [0.25, 0.3) is 0 Å². The van der Waals surface area contributed by atoms with Gasteiger partial charge in [-0.05, 0) is 24.8 Å². The van der Waals surface area contributed by atoms with Gasteiger partial charge in [-0.1, -0.05) is 13.8 Å². The van der Waals surface area contributed by atoms with Crippen LogP contribution in [0.15, 0.2) is 18.5 Å². The summed E-state index contributed by atoms with van der Waals surface area (Å²) in [7, 11) is 0. The average Bonchev–Trinajstić information content (AvgIpc) is 2.21. The first kappa shape index (κ1) is 11.9. The zero-order valence-corrected chi connectivity index (χ0v) is 9.40. The molecule has 1 atom stereocenters. The highest BCUT2D eigenvalue weighted by molar-refractivity contribution is 5.46. The van der Waals surface area contributed by atoms with Crippen LogP contribution in [0.1, 0.15) is 38.3 Å². The van der Waals surface area contributed by atoms with Gasteiger partial charge in [0.15, 0.2) is 0 Å². The molecule has 4 nitrogen and oxygen atoms in total. The van der Waals surface area contributed by atoms with E-state index in [1.165, 1.54) is 0 Å². The Hall–Kier alpha value is -1.13. The van der Waals surface area contributed by atoms with Crippen molar-refractivity contribution in [2.24, 2.45) is 11.8 Å². The van der Waals surface area contributed by atoms with Crippen molar-refractivity contribution in [2.75, 3.05) is 5.73 Å². The normalized spacial score (nSPS) is 13.1. The van der Waals surface area contributed by atoms with E-state index >= 15 is 0 Å². The molecule has 0 radical (unpaired) electrons. The van der Waals surface area contributed by atoms with Crippen LogP contribution in [0, 0.1) is 5.92 Å². The molecule has 84 valence electrons. The lowest BCUT2D eigenvalue weighted by Crippen LogP contribution is -2.29. The molecule has 1 heterocycles. The van der Waals surface area contributed by atoms with Crippen LogP contribution in [-0.2, 0) is 0 Å². The highest BCUT2D eigenvalue weighted by atomic mass is 15.2. The Balaban J connectivity index is 2.70. The fourth-order valence-corrected chi connectivity index (χ4v) is 1.54. The van der Waals surface area contributed by atoms with Gasteiger partial charge in [-0.2, -0.15) is 0 Å². The second kappa shape index (κ2) is 5.68. The predicted octanol–water partition coefficient (Wildman–Crippen LogP) is 1.60. The fourth-order valence-electron chi connectivity index (χ4n) is 1.54. The highest BCUT2D eigenvalue weighted by Gasteiger charge is 2.13. The molecule has 0 aromatic carbocycles. The first-order chi connectivity index (χ1) is 7.15. The second-order valence-corrected chi connectivity index (χ2v) is 4.20. The first-order valence-electron chi connectivity index (χ1n) is 5.30. The number of hydrogen-bond acceptors (Lipinski definition) is 4. The molecule has 0 saturated heterocycles. The maximum Gasteiger partial charge on any atom is 0.0495 e. The quantitative estimate of drug-likeness (QED) is 0.507. The van der Waals surface area contributed by atoms with Crippen molar-refractivity contribution in [1.29, 1.82) is 0 Å². The Morgan fingerprint density at radius 2 is 2.13 bits per heavy atom. The lowest BCUT2D eigenvalue weighted by Gasteiger charge is -2.18. The van der Waals surface area contributed by atoms with Gasteiger partial charge in [0, 0.05) is 29.7 Å². The van der Waals surface area contributed by atoms with Gasteiger partial charge in [-0.25, -0.2) is 0 Å². The topological polar surface area (TPSA) is 77.0 Å². The molecular weight excluding hydrogens is 188 g/mol. The van der Waals surface area contributed by atoms with Crippen LogP contribution < -0.4 is 17.0 Å². The number of aromatic nitrogens is 1. The van der Waals surface area contributed by atoms with Gasteiger partial charge < -0.3 is 5.73 Å². The predicted molar refractivity (Wildman–Crippen MR) is 62.8 cm³/mol. The number of nitrogens with zero attached hydrogens (tertiary/aromatic N) is 1. The van der Waals surface area contributed by atoms with E-state index in [-0.39, 0.29) is 6.04 Å². The number of rotatable bonds is 5. The summed E-state index contributed by atoms with van der Waals surface area (Å²) in [5.74, 6) is 6.19. The number of nitrogen functional groups attached to an aromatic ring is 1. The molecule has 5 N–H and O–H groups in total. The van der Waals surface area contributed by atoms with E-state index in [1.54, 1.807) is 18.5 Å². The fraction of sp³-hybridized carbons (Fsp3) is 0.545. The van der Waals surface area contributed by atoms with E-state index < -0.39 is 0 Å². The third-order valence-electron chi connectivity index (χ3n) is 2.50. The van der Waals surface area contributed by atoms with Gasteiger partial charge in [0.25, 0.3) is 0 Å². The van der Waals surface area contributed by atoms with Gasteiger partial charge in [0.05, 0.1) is 0 Å². The third kappa shape index (κ3) is 3.49. The Bertz CT molecular complexity index is 298. The molecule has 4 heteroatoms. The summed E-state index contributed by atoms with van der Waals surface area (Å²) in [6.45, 7) is 4.39. The molecule has 1 unspecified atom stereocenters. The second-order valence-electron chi connectivity index (χ2n) is 4.20. The van der Waals surface area contributed by atoms with E-state index in [2.05, 4.69) is 24.3 Å². The molecule has 0 fully saturated rings. The van der Waals surface area contributed by atoms with Gasteiger partial charge in [-0.3, -0.25) is 16.3 Å². The average molecular weight is 208 g/mol. The zero-order valence-electron chi connectivity index (χ0n) is 9.40. The number of hydrogen-bond donors (Lipinski definition) is 3. The Morgan fingerprint density at radius 1 is 1.40 bits per heavy atom. The minimum atomic E-state index is 0.0982. The van der Waals surface area contributed by atoms with E-state index in [9.17, 15) is 0 Å². The molecule has 0 saturated carbocycles. The monoisotopic (exact) mass is 208 g/mol. The van der Waals surface area contributed by atoms with E-state index in [1.807, 2.05) is 0 Å². The van der Waals surface area contributed by atoms with E-state index in [0.717, 1.165) is 24.1 Å². The molecule has 1 rings (SSSR count). The maximum atomic E-state index is 5.87. The standard InChI is InChI=1S/C11H20N4/c1-8(2)3-4-11(15-13)9-7-14-6-5-10(9)12/h5-8,11,15H,3-4,13H2,1-2H3,(H2,12,14). The molecule has 0 aliphatic heterocycles. The van der Waals surface area contributed by atoms with Crippen LogP contribution in [0.5, 0.6) is 0 Å². The molecule has 0 aliphatic carbocycles. The van der Waals surface area contributed by atoms with Crippen LogP contribution in [0.4, 0.5) is 5.69 Å². The molecule has 1 aromatic heterocycles. The Morgan fingerprint density at radius 3 is 2.67 bits per heavy atom. The summed E-state index contributed by atoms with van der Waals surface area (Å²) in [6, 6.07) is 1.90. The Kier molecular flexibility index (Phi) is 4.52. The van der Waals surface area contributed by atoms with Crippen molar-refractivity contribution in [3.8, 4) is 0 Å². The third-order valence-corrected chi connectivity index (χ3v) is 2.50. The van der Waals surface area contributed by atoms with Crippen molar-refractivity contribution >= 4 is 5.69 Å². The summed E-state index contributed by atoms with van der Waals surface area (Å²) in [6.07, 6.45) is 5.56. The molecule has 0 spiro atoms. The van der Waals surface area contributed by atoms with Gasteiger partial charge in [0.1, 0.15) is 0 Å². The molecule has 0 aliphatic rings. The van der Waals surface area contributed by atoms with Crippen molar-refractivity contribution in [2.45, 2.75) is 32.7 Å². The molecule has 0 bridgehead atoms. The molecule has 15 heavy (non-hydrogen) atoms. The van der Waals surface area contributed by atoms with E-state index in [0.29, 0.717) is 5.92 Å². The van der Waals surface area contributed by atoms with Crippen molar-refractivity contribution in [1.82, 2.24) is 10.4 Å². The SMILES string of the molecule is CC(C)CCC(NN)c1cnccc1N. The number of pyridine rings is 1. The van der Waals surface area contributed by atoms with E-state index in [4.69, 9.17) is 11.6 Å². The minimum Gasteiger partial charge on any atom is -0.398 e. The summed E-state index contributed by atoms with van der Waals surface area (Å²) in [5, 5.41) is 0. The van der Waals surface area contributed by atoms with Gasteiger partial charge in [-0.15, -0.1) is 0 Å². The molecule has 0 amide bonds. The van der Waals surface area contributed by atoms with Crippen molar-refractivity contribution in [3.63, 3.8) is 0 Å². The molecule has 1 aromatic rings. The van der Waals surface area contributed by atoms with Crippen LogP contribution in [0.2, 0.25) is 0 Å². The minimum absolute atomic E-state index is 0.0982. The van der Waals surface area contributed by atoms with Gasteiger partial charge in [0.2, 0.25) is 0 Å². The highest BCUT2D eigenvalue weighted by Crippen LogP contribution is 2.23. The lowest BCUT2D eigenvalue weighted by atomic mass is 9.98. The van der Waals surface area contributed by atoms with Crippen molar-refractivity contribution in [3.05, 3.63) is 24.0 Å². The summed E-state index contributed by atoms with van der Waals surface area (Å²) < 4.78 is 0. The number of hydrazine groups is 1. The molecular formula is C11H20N4. The summed E-state index contributed by atoms with van der Waals surface area (Å²) >= 11 is 0. The number of nitrogens with two attached hydrogens (primary N) is 2. The van der Waals surface area contributed by atoms with Crippen LogP contribution in [-0.4, -0.2) is 4.98 Å². The van der Waals surface area contributed by atoms with Crippen molar-refractivity contribution < 1.29 is 0 Å². The first-order valence-corrected chi connectivity index (χ1v) is 5.30. The van der Waals surface area contributed by atoms with Crippen LogP contribution in [0.3, 0.4) is 0 Å². The van der Waals surface area contributed by atoms with Crippen LogP contribution >= 0.6 is 0 Å². The zero-order chi connectivity index (χ0) is 11.3.